The lowest BCUT2D eigenvalue weighted by Gasteiger charge is -2.30. The molecule has 2 aliphatic rings. The lowest BCUT2D eigenvalue weighted by atomic mass is 9.98. The van der Waals surface area contributed by atoms with Gasteiger partial charge < -0.3 is 39.9 Å². The van der Waals surface area contributed by atoms with E-state index in [1.165, 1.54) is 14.2 Å². The second kappa shape index (κ2) is 16.9. The molecule has 2 saturated heterocycles. The lowest BCUT2D eigenvalue weighted by Crippen LogP contribution is -2.51. The summed E-state index contributed by atoms with van der Waals surface area (Å²) in [6.07, 6.45) is 2.00. The normalized spacial score (nSPS) is 19.7. The minimum absolute atomic E-state index is 0.118. The molecule has 2 aromatic heterocycles. The Kier molecular flexibility index (Phi) is 11.8. The molecule has 304 valence electrons. The minimum Gasteiger partial charge on any atom is -0.453 e. The molecular weight excluding hydrogens is 760 g/mol. The Morgan fingerprint density at radius 2 is 1.38 bits per heavy atom. The zero-order valence-electron chi connectivity index (χ0n) is 33.5. The lowest BCUT2D eigenvalue weighted by molar-refractivity contribution is -0.135. The zero-order chi connectivity index (χ0) is 41.2. The molecule has 3 aromatic carbocycles. The number of methoxy groups -OCH3 is 2. The van der Waals surface area contributed by atoms with Crippen LogP contribution in [0.2, 0.25) is 5.15 Å². The Labute approximate surface area is 342 Å². The standard InChI is InChI=1S/C43H49ClN8O6/c1-23(2)36(49-43(56)58-6)41(54)52-22-25(4)15-33(52)39-45-19-32(47-39)27-9-7-26(8-10-27)28-11-12-30-18-31(14-13-29(30)17-28)37-38(44)50-40(48-37)34-16-24(3)21-51(34)35(53)20-46-42(55)57-5/h7-14,17-19,23-25,33-34,36H,15-16,20-22H2,1-6H3,(H,45,47)(H,46,55)(H,48,50)(H,49,56)/t24-,25-,33-,34-,36-/m0/s1. The number of H-pyrrole nitrogens is 2. The highest BCUT2D eigenvalue weighted by Gasteiger charge is 2.40. The molecule has 15 heteroatoms. The van der Waals surface area contributed by atoms with Crippen LogP contribution in [0, 0.1) is 17.8 Å². The van der Waals surface area contributed by atoms with Crippen LogP contribution in [0.15, 0.2) is 66.9 Å². The van der Waals surface area contributed by atoms with Gasteiger partial charge in [-0.25, -0.2) is 19.6 Å². The van der Waals surface area contributed by atoms with Crippen LogP contribution in [0.3, 0.4) is 0 Å². The first-order chi connectivity index (χ1) is 27.8. The number of hydrogen-bond acceptors (Lipinski definition) is 8. The third kappa shape index (κ3) is 8.38. The molecule has 0 unspecified atom stereocenters. The van der Waals surface area contributed by atoms with Crippen molar-refractivity contribution in [1.82, 2.24) is 40.4 Å². The summed E-state index contributed by atoms with van der Waals surface area (Å²) in [6.45, 7) is 8.96. The molecule has 0 bridgehead atoms. The first-order valence-corrected chi connectivity index (χ1v) is 19.9. The van der Waals surface area contributed by atoms with Crippen molar-refractivity contribution < 1.29 is 28.7 Å². The number of aromatic nitrogens is 4. The van der Waals surface area contributed by atoms with E-state index in [4.69, 9.17) is 26.3 Å². The van der Waals surface area contributed by atoms with Crippen molar-refractivity contribution in [3.63, 3.8) is 0 Å². The number of fused-ring (bicyclic) bond motifs is 1. The molecule has 5 aromatic rings. The predicted molar refractivity (Wildman–Crippen MR) is 221 cm³/mol. The third-order valence-corrected chi connectivity index (χ3v) is 11.4. The number of benzene rings is 3. The number of rotatable bonds is 10. The Morgan fingerprint density at radius 3 is 2.03 bits per heavy atom. The number of imidazole rings is 2. The number of alkyl carbamates (subject to hydrolysis) is 2. The Bertz CT molecular complexity index is 2320. The number of amides is 4. The number of carbonyl (C=O) groups excluding carboxylic acids is 4. The number of nitrogens with one attached hydrogen (secondary N) is 4. The second-order valence-corrected chi connectivity index (χ2v) is 16.2. The van der Waals surface area contributed by atoms with E-state index < -0.39 is 18.2 Å². The van der Waals surface area contributed by atoms with Crippen LogP contribution >= 0.6 is 11.6 Å². The Morgan fingerprint density at radius 1 is 0.793 bits per heavy atom. The highest BCUT2D eigenvalue weighted by Crippen LogP contribution is 2.39. The van der Waals surface area contributed by atoms with Crippen molar-refractivity contribution in [2.75, 3.05) is 33.9 Å². The number of halogens is 1. The molecule has 0 saturated carbocycles. The molecule has 4 amide bonds. The number of likely N-dealkylation sites (tertiary alicyclic amines) is 2. The highest BCUT2D eigenvalue weighted by molar-refractivity contribution is 6.32. The summed E-state index contributed by atoms with van der Waals surface area (Å²) in [6, 6.07) is 19.5. The molecule has 0 spiro atoms. The van der Waals surface area contributed by atoms with Crippen molar-refractivity contribution in [3.8, 4) is 33.6 Å². The summed E-state index contributed by atoms with van der Waals surface area (Å²) in [4.78, 5) is 70.1. The van der Waals surface area contributed by atoms with Gasteiger partial charge in [0.25, 0.3) is 0 Å². The summed E-state index contributed by atoms with van der Waals surface area (Å²) < 4.78 is 9.39. The number of hydrogen-bond donors (Lipinski definition) is 4. The number of carbonyl (C=O) groups is 4. The summed E-state index contributed by atoms with van der Waals surface area (Å²) in [7, 11) is 2.55. The summed E-state index contributed by atoms with van der Waals surface area (Å²) in [5.74, 6) is 1.37. The molecule has 58 heavy (non-hydrogen) atoms. The van der Waals surface area contributed by atoms with Gasteiger partial charge >= 0.3 is 12.2 Å². The van der Waals surface area contributed by atoms with E-state index >= 15 is 0 Å². The maximum Gasteiger partial charge on any atom is 0.407 e. The SMILES string of the molecule is COC(=O)NCC(=O)N1C[C@@H](C)C[C@H]1c1nc(-c2ccc3cc(-c4ccc(-c5cnc([C@@H]6C[C@H](C)CN6C(=O)[C@@H](NC(=O)OC)C(C)C)[nH]5)cc4)ccc3c2)c(Cl)[nH]1. The van der Waals surface area contributed by atoms with Gasteiger partial charge in [0.15, 0.2) is 0 Å². The van der Waals surface area contributed by atoms with Crippen molar-refractivity contribution in [3.05, 3.63) is 83.7 Å². The van der Waals surface area contributed by atoms with Crippen molar-refractivity contribution >= 4 is 46.4 Å². The maximum absolute atomic E-state index is 13.7. The number of ether oxygens (including phenoxy) is 2. The fourth-order valence-corrected chi connectivity index (χ4v) is 8.36. The van der Waals surface area contributed by atoms with Gasteiger partial charge in [0, 0.05) is 18.7 Å². The fourth-order valence-electron chi connectivity index (χ4n) is 8.11. The summed E-state index contributed by atoms with van der Waals surface area (Å²) >= 11 is 6.72. The van der Waals surface area contributed by atoms with Crippen LogP contribution in [0.5, 0.6) is 0 Å². The smallest absolute Gasteiger partial charge is 0.407 e. The molecule has 2 aliphatic heterocycles. The molecule has 5 atom stereocenters. The van der Waals surface area contributed by atoms with Crippen LogP contribution < -0.4 is 10.6 Å². The molecule has 0 radical (unpaired) electrons. The molecule has 0 aliphatic carbocycles. The van der Waals surface area contributed by atoms with E-state index in [0.29, 0.717) is 35.6 Å². The zero-order valence-corrected chi connectivity index (χ0v) is 34.2. The van der Waals surface area contributed by atoms with Gasteiger partial charge in [-0.3, -0.25) is 9.59 Å². The monoisotopic (exact) mass is 808 g/mol. The fraction of sp³-hybridized carbons (Fsp3) is 0.395. The van der Waals surface area contributed by atoms with Crippen LogP contribution in [-0.2, 0) is 19.1 Å². The van der Waals surface area contributed by atoms with Gasteiger partial charge in [-0.15, -0.1) is 0 Å². The van der Waals surface area contributed by atoms with Crippen molar-refractivity contribution in [1.29, 1.82) is 0 Å². The van der Waals surface area contributed by atoms with Gasteiger partial charge in [-0.1, -0.05) is 87.8 Å². The van der Waals surface area contributed by atoms with Gasteiger partial charge in [0.1, 0.15) is 35.1 Å². The van der Waals surface area contributed by atoms with Gasteiger partial charge in [-0.2, -0.15) is 0 Å². The van der Waals surface area contributed by atoms with E-state index in [1.54, 1.807) is 11.1 Å². The molecule has 2 fully saturated rings. The molecule has 4 heterocycles. The van der Waals surface area contributed by atoms with E-state index in [0.717, 1.165) is 51.6 Å². The first-order valence-electron chi connectivity index (χ1n) is 19.5. The van der Waals surface area contributed by atoms with E-state index in [-0.39, 0.29) is 48.2 Å². The van der Waals surface area contributed by atoms with Crippen LogP contribution in [-0.4, -0.2) is 93.6 Å². The van der Waals surface area contributed by atoms with Gasteiger partial charge in [-0.05, 0) is 70.2 Å². The summed E-state index contributed by atoms with van der Waals surface area (Å²) in [5, 5.41) is 7.66. The molecule has 7 rings (SSSR count). The Hall–Kier alpha value is -5.89. The van der Waals surface area contributed by atoms with E-state index in [2.05, 4.69) is 93.8 Å². The van der Waals surface area contributed by atoms with E-state index in [9.17, 15) is 19.2 Å². The quantitative estimate of drug-likeness (QED) is 0.112. The number of aromatic amines is 2. The van der Waals surface area contributed by atoms with Gasteiger partial charge in [0.05, 0.1) is 38.2 Å². The molecule has 14 nitrogen and oxygen atoms in total. The van der Waals surface area contributed by atoms with Crippen molar-refractivity contribution in [2.45, 2.75) is 58.7 Å². The second-order valence-electron chi connectivity index (χ2n) is 15.8. The largest absolute Gasteiger partial charge is 0.453 e. The minimum atomic E-state index is -0.704. The van der Waals surface area contributed by atoms with Crippen LogP contribution in [0.1, 0.15) is 64.3 Å². The predicted octanol–water partition coefficient (Wildman–Crippen LogP) is 7.50. The Balaban J connectivity index is 1.05. The van der Waals surface area contributed by atoms with Crippen LogP contribution in [0.4, 0.5) is 9.59 Å². The summed E-state index contributed by atoms with van der Waals surface area (Å²) in [5.41, 5.74) is 5.40. The number of nitrogens with zero attached hydrogens (tertiary/aromatic N) is 4. The van der Waals surface area contributed by atoms with E-state index in [1.807, 2.05) is 24.8 Å². The van der Waals surface area contributed by atoms with Gasteiger partial charge in [0.2, 0.25) is 11.8 Å². The molecule has 4 N–H and O–H groups in total. The maximum atomic E-state index is 13.7. The molecular formula is C43H49ClN8O6. The van der Waals surface area contributed by atoms with Crippen LogP contribution in [0.25, 0.3) is 44.4 Å². The first kappa shape index (κ1) is 40.3. The average molecular weight is 809 g/mol. The topological polar surface area (TPSA) is 175 Å². The highest BCUT2D eigenvalue weighted by atomic mass is 35.5. The third-order valence-electron chi connectivity index (χ3n) is 11.1. The average Bonchev–Trinajstić information content (AvgIpc) is 4.04. The van der Waals surface area contributed by atoms with Crippen molar-refractivity contribution in [2.24, 2.45) is 17.8 Å².